The molecular weight excluding hydrogens is 236 g/mol. The molecular formula is C12H18N2O4. The Kier molecular flexibility index (Phi) is 4.66. The first kappa shape index (κ1) is 14.4. The van der Waals surface area contributed by atoms with Crippen molar-refractivity contribution in [2.75, 3.05) is 12.3 Å². The maximum absolute atomic E-state index is 11.0. The zero-order chi connectivity index (χ0) is 13.9. The highest BCUT2D eigenvalue weighted by molar-refractivity contribution is 5.94. The van der Waals surface area contributed by atoms with Gasteiger partial charge in [-0.1, -0.05) is 6.07 Å². The summed E-state index contributed by atoms with van der Waals surface area (Å²) in [7, 11) is 0. The zero-order valence-corrected chi connectivity index (χ0v) is 10.1. The van der Waals surface area contributed by atoms with Crippen LogP contribution >= 0.6 is 0 Å². The number of anilines is 1. The molecule has 6 heteroatoms. The van der Waals surface area contributed by atoms with Crippen LogP contribution in [-0.4, -0.2) is 33.9 Å². The van der Waals surface area contributed by atoms with Gasteiger partial charge in [-0.15, -0.1) is 0 Å². The Bertz CT molecular complexity index is 448. The van der Waals surface area contributed by atoms with E-state index >= 15 is 0 Å². The number of benzene rings is 1. The highest BCUT2D eigenvalue weighted by Gasteiger charge is 2.23. The lowest BCUT2D eigenvalue weighted by molar-refractivity contribution is 0.0153. The molecule has 1 aromatic rings. The summed E-state index contributed by atoms with van der Waals surface area (Å²) in [5, 5.41) is 28.6. The van der Waals surface area contributed by atoms with E-state index < -0.39 is 18.2 Å². The molecule has 2 atom stereocenters. The SMILES string of the molecule is Cc1cc(C(=O)O)c(N)c(C(O)C(O)CCN)c1. The van der Waals surface area contributed by atoms with Gasteiger partial charge in [-0.2, -0.15) is 0 Å². The van der Waals surface area contributed by atoms with Crippen molar-refractivity contribution in [1.82, 2.24) is 0 Å². The molecule has 1 rings (SSSR count). The predicted molar refractivity (Wildman–Crippen MR) is 67.2 cm³/mol. The quantitative estimate of drug-likeness (QED) is 0.471. The van der Waals surface area contributed by atoms with Crippen molar-refractivity contribution in [2.24, 2.45) is 5.73 Å². The number of nitrogens with two attached hydrogens (primary N) is 2. The number of nitrogen functional groups attached to an aromatic ring is 1. The first-order valence-electron chi connectivity index (χ1n) is 5.58. The van der Waals surface area contributed by atoms with Gasteiger partial charge in [0.15, 0.2) is 0 Å². The second-order valence-electron chi connectivity index (χ2n) is 4.21. The summed E-state index contributed by atoms with van der Waals surface area (Å²) >= 11 is 0. The lowest BCUT2D eigenvalue weighted by Crippen LogP contribution is -2.23. The van der Waals surface area contributed by atoms with Crippen LogP contribution < -0.4 is 11.5 Å². The number of aliphatic hydroxyl groups excluding tert-OH is 2. The van der Waals surface area contributed by atoms with Crippen molar-refractivity contribution in [2.45, 2.75) is 25.6 Å². The Morgan fingerprint density at radius 1 is 1.39 bits per heavy atom. The Balaban J connectivity index is 3.19. The van der Waals surface area contributed by atoms with Crippen LogP contribution in [0.5, 0.6) is 0 Å². The fourth-order valence-electron chi connectivity index (χ4n) is 1.78. The second kappa shape index (κ2) is 5.81. The molecule has 0 aliphatic carbocycles. The monoisotopic (exact) mass is 254 g/mol. The molecule has 0 saturated heterocycles. The third-order valence-corrected chi connectivity index (χ3v) is 2.73. The van der Waals surface area contributed by atoms with Gasteiger partial charge >= 0.3 is 5.97 Å². The number of aryl methyl sites for hydroxylation is 1. The molecule has 1 aromatic carbocycles. The van der Waals surface area contributed by atoms with E-state index in [9.17, 15) is 15.0 Å². The van der Waals surface area contributed by atoms with Crippen LogP contribution in [0.3, 0.4) is 0 Å². The number of aliphatic hydroxyl groups is 2. The number of hydrogen-bond donors (Lipinski definition) is 5. The van der Waals surface area contributed by atoms with Crippen LogP contribution in [0.4, 0.5) is 5.69 Å². The fraction of sp³-hybridized carbons (Fsp3) is 0.417. The fourth-order valence-corrected chi connectivity index (χ4v) is 1.78. The molecule has 18 heavy (non-hydrogen) atoms. The minimum absolute atomic E-state index is 0.0309. The molecule has 0 aliphatic rings. The van der Waals surface area contributed by atoms with E-state index in [4.69, 9.17) is 16.6 Å². The summed E-state index contributed by atoms with van der Waals surface area (Å²) in [5.41, 5.74) is 11.8. The first-order chi connectivity index (χ1) is 8.38. The Labute approximate surface area is 105 Å². The normalized spacial score (nSPS) is 14.2. The van der Waals surface area contributed by atoms with Crippen molar-refractivity contribution in [3.8, 4) is 0 Å². The van der Waals surface area contributed by atoms with Gasteiger partial charge in [0.2, 0.25) is 0 Å². The third-order valence-electron chi connectivity index (χ3n) is 2.73. The zero-order valence-electron chi connectivity index (χ0n) is 10.1. The molecule has 0 aliphatic heterocycles. The molecule has 0 fully saturated rings. The maximum atomic E-state index is 11.0. The van der Waals surface area contributed by atoms with Gasteiger partial charge in [0.25, 0.3) is 0 Å². The summed E-state index contributed by atoms with van der Waals surface area (Å²) in [6, 6.07) is 2.98. The van der Waals surface area contributed by atoms with E-state index in [0.717, 1.165) is 0 Å². The van der Waals surface area contributed by atoms with Crippen LogP contribution in [0.15, 0.2) is 12.1 Å². The summed E-state index contributed by atoms with van der Waals surface area (Å²) in [5.74, 6) is -1.17. The molecule has 0 amide bonds. The van der Waals surface area contributed by atoms with Crippen molar-refractivity contribution in [1.29, 1.82) is 0 Å². The van der Waals surface area contributed by atoms with Gasteiger partial charge < -0.3 is 26.8 Å². The molecule has 6 nitrogen and oxygen atoms in total. The Morgan fingerprint density at radius 3 is 2.50 bits per heavy atom. The molecule has 0 spiro atoms. The van der Waals surface area contributed by atoms with E-state index in [0.29, 0.717) is 5.56 Å². The van der Waals surface area contributed by atoms with Crippen LogP contribution in [0.1, 0.15) is 34.0 Å². The summed E-state index contributed by atoms with van der Waals surface area (Å²) in [6.45, 7) is 1.91. The van der Waals surface area contributed by atoms with Gasteiger partial charge in [-0.05, 0) is 31.5 Å². The number of rotatable bonds is 5. The molecule has 100 valence electrons. The van der Waals surface area contributed by atoms with Crippen molar-refractivity contribution in [3.63, 3.8) is 0 Å². The summed E-state index contributed by atoms with van der Waals surface area (Å²) in [4.78, 5) is 11.0. The molecule has 0 aromatic heterocycles. The van der Waals surface area contributed by atoms with Gasteiger partial charge in [0.1, 0.15) is 6.10 Å². The Morgan fingerprint density at radius 2 is 2.00 bits per heavy atom. The minimum Gasteiger partial charge on any atom is -0.478 e. The second-order valence-corrected chi connectivity index (χ2v) is 4.21. The molecule has 0 bridgehead atoms. The van der Waals surface area contributed by atoms with Crippen molar-refractivity contribution >= 4 is 11.7 Å². The van der Waals surface area contributed by atoms with Crippen molar-refractivity contribution in [3.05, 3.63) is 28.8 Å². The molecule has 7 N–H and O–H groups in total. The van der Waals surface area contributed by atoms with E-state index in [1.54, 1.807) is 13.0 Å². The number of hydrogen-bond acceptors (Lipinski definition) is 5. The summed E-state index contributed by atoms with van der Waals surface area (Å²) in [6.07, 6.45) is -2.11. The van der Waals surface area contributed by atoms with Crippen LogP contribution in [0, 0.1) is 6.92 Å². The third kappa shape index (κ3) is 2.98. The van der Waals surface area contributed by atoms with Crippen LogP contribution in [0.25, 0.3) is 0 Å². The van der Waals surface area contributed by atoms with E-state index in [1.807, 2.05) is 0 Å². The molecule has 0 saturated carbocycles. The minimum atomic E-state index is -1.24. The van der Waals surface area contributed by atoms with Crippen molar-refractivity contribution < 1.29 is 20.1 Å². The smallest absolute Gasteiger partial charge is 0.337 e. The maximum Gasteiger partial charge on any atom is 0.337 e. The van der Waals surface area contributed by atoms with Crippen LogP contribution in [-0.2, 0) is 0 Å². The molecule has 0 radical (unpaired) electrons. The van der Waals surface area contributed by atoms with E-state index in [-0.39, 0.29) is 29.8 Å². The Hall–Kier alpha value is -1.63. The standard InChI is InChI=1S/C12H18N2O4/c1-6-4-7(11(16)9(15)2-3-13)10(14)8(5-6)12(17)18/h4-5,9,11,15-16H,2-3,13-14H2,1H3,(H,17,18). The average molecular weight is 254 g/mol. The topological polar surface area (TPSA) is 130 Å². The lowest BCUT2D eigenvalue weighted by Gasteiger charge is -2.20. The number of carboxylic acid groups (broad SMARTS) is 1. The first-order valence-corrected chi connectivity index (χ1v) is 5.58. The van der Waals surface area contributed by atoms with Gasteiger partial charge in [0, 0.05) is 5.56 Å². The molecule has 2 unspecified atom stereocenters. The highest BCUT2D eigenvalue weighted by Crippen LogP contribution is 2.28. The van der Waals surface area contributed by atoms with Gasteiger partial charge in [-0.25, -0.2) is 4.79 Å². The van der Waals surface area contributed by atoms with E-state index in [1.165, 1.54) is 6.07 Å². The number of carboxylic acids is 1. The summed E-state index contributed by atoms with van der Waals surface area (Å²) < 4.78 is 0. The number of aromatic carboxylic acids is 1. The lowest BCUT2D eigenvalue weighted by atomic mass is 9.95. The van der Waals surface area contributed by atoms with E-state index in [2.05, 4.69) is 0 Å². The largest absolute Gasteiger partial charge is 0.478 e. The highest BCUT2D eigenvalue weighted by atomic mass is 16.4. The van der Waals surface area contributed by atoms with Crippen LogP contribution in [0.2, 0.25) is 0 Å². The number of carbonyl (C=O) groups is 1. The van der Waals surface area contributed by atoms with Gasteiger partial charge in [-0.3, -0.25) is 0 Å². The molecule has 0 heterocycles. The van der Waals surface area contributed by atoms with Gasteiger partial charge in [0.05, 0.1) is 17.4 Å². The average Bonchev–Trinajstić information content (AvgIpc) is 2.30. The predicted octanol–water partition coefficient (Wildman–Crippen LogP) is 0.0185.